The number of aliphatic hydroxyl groups is 1. The van der Waals surface area contributed by atoms with E-state index in [0.717, 1.165) is 6.29 Å². The molecular formula is C17H14FNO4. The highest BCUT2D eigenvalue weighted by molar-refractivity contribution is 5.90. The summed E-state index contributed by atoms with van der Waals surface area (Å²) in [5.74, 6) is -0.485. The molecule has 1 fully saturated rings. The molecule has 2 aromatic rings. The van der Waals surface area contributed by atoms with Crippen LogP contribution >= 0.6 is 0 Å². The van der Waals surface area contributed by atoms with E-state index in [4.69, 9.17) is 9.84 Å². The van der Waals surface area contributed by atoms with E-state index in [2.05, 4.69) is 0 Å². The van der Waals surface area contributed by atoms with Gasteiger partial charge in [-0.15, -0.1) is 0 Å². The number of hydrogen-bond acceptors (Lipinski definition) is 4. The number of benzene rings is 2. The van der Waals surface area contributed by atoms with Crippen molar-refractivity contribution in [1.82, 2.24) is 0 Å². The Bertz CT molecular complexity index is 745. The van der Waals surface area contributed by atoms with Gasteiger partial charge in [-0.05, 0) is 23.8 Å². The zero-order chi connectivity index (χ0) is 16.4. The van der Waals surface area contributed by atoms with Crippen LogP contribution in [0.25, 0.3) is 11.1 Å². The molecular weight excluding hydrogens is 301 g/mol. The number of carbonyl (C=O) groups excluding carboxylic acids is 2. The summed E-state index contributed by atoms with van der Waals surface area (Å²) in [5, 5.41) is 9.04. The first-order chi connectivity index (χ1) is 11.1. The molecule has 5 nitrogen and oxygen atoms in total. The fourth-order valence-corrected chi connectivity index (χ4v) is 2.47. The maximum atomic E-state index is 14.4. The van der Waals surface area contributed by atoms with Gasteiger partial charge in [-0.2, -0.15) is 0 Å². The van der Waals surface area contributed by atoms with Crippen LogP contribution in [0.4, 0.5) is 14.9 Å². The predicted molar refractivity (Wildman–Crippen MR) is 81.9 cm³/mol. The van der Waals surface area contributed by atoms with Gasteiger partial charge >= 0.3 is 6.09 Å². The normalized spacial score (nSPS) is 17.2. The number of cyclic esters (lactones) is 1. The SMILES string of the molecule is O=Cc1ccc(-c2ccc(N3C[C@H](CO)OC3=O)cc2F)cc1. The minimum Gasteiger partial charge on any atom is -0.441 e. The highest BCUT2D eigenvalue weighted by Crippen LogP contribution is 2.29. The molecule has 1 saturated heterocycles. The maximum Gasteiger partial charge on any atom is 0.414 e. The Hall–Kier alpha value is -2.73. The smallest absolute Gasteiger partial charge is 0.414 e. The van der Waals surface area contributed by atoms with Crippen molar-refractivity contribution in [2.24, 2.45) is 0 Å². The van der Waals surface area contributed by atoms with Gasteiger partial charge in [0.1, 0.15) is 18.2 Å². The topological polar surface area (TPSA) is 66.8 Å². The molecule has 0 spiro atoms. The summed E-state index contributed by atoms with van der Waals surface area (Å²) >= 11 is 0. The van der Waals surface area contributed by atoms with Crippen LogP contribution in [0.2, 0.25) is 0 Å². The summed E-state index contributed by atoms with van der Waals surface area (Å²) in [5.41, 5.74) is 1.90. The lowest BCUT2D eigenvalue weighted by molar-refractivity contribution is 0.0963. The molecule has 1 heterocycles. The summed E-state index contributed by atoms with van der Waals surface area (Å²) in [7, 11) is 0. The minimum atomic E-state index is -0.605. The van der Waals surface area contributed by atoms with E-state index in [0.29, 0.717) is 22.4 Å². The molecule has 1 amide bonds. The number of halogens is 1. The monoisotopic (exact) mass is 315 g/mol. The largest absolute Gasteiger partial charge is 0.441 e. The second-order valence-electron chi connectivity index (χ2n) is 5.20. The van der Waals surface area contributed by atoms with Crippen molar-refractivity contribution in [3.63, 3.8) is 0 Å². The van der Waals surface area contributed by atoms with Crippen LogP contribution in [0.5, 0.6) is 0 Å². The maximum absolute atomic E-state index is 14.4. The van der Waals surface area contributed by atoms with Gasteiger partial charge in [-0.1, -0.05) is 24.3 Å². The number of hydrogen-bond donors (Lipinski definition) is 1. The van der Waals surface area contributed by atoms with Gasteiger partial charge in [0.05, 0.1) is 18.8 Å². The van der Waals surface area contributed by atoms with Gasteiger partial charge in [0, 0.05) is 11.1 Å². The van der Waals surface area contributed by atoms with Crippen LogP contribution in [0.1, 0.15) is 10.4 Å². The van der Waals surface area contributed by atoms with Gasteiger partial charge in [-0.3, -0.25) is 9.69 Å². The predicted octanol–water partition coefficient (Wildman–Crippen LogP) is 2.62. The highest BCUT2D eigenvalue weighted by atomic mass is 19.1. The van der Waals surface area contributed by atoms with Crippen LogP contribution in [-0.4, -0.2) is 36.7 Å². The second kappa shape index (κ2) is 6.18. The number of anilines is 1. The Morgan fingerprint density at radius 1 is 1.26 bits per heavy atom. The molecule has 6 heteroatoms. The van der Waals surface area contributed by atoms with E-state index in [1.54, 1.807) is 36.4 Å². The van der Waals surface area contributed by atoms with Crippen LogP contribution in [0.15, 0.2) is 42.5 Å². The standard InChI is InChI=1S/C17H14FNO4/c18-16-7-13(19-8-14(10-21)23-17(19)22)5-6-15(16)12-3-1-11(9-20)2-4-12/h1-7,9,14,21H,8,10H2/t14-/m1/s1. The van der Waals surface area contributed by atoms with Gasteiger partial charge in [0.2, 0.25) is 0 Å². The van der Waals surface area contributed by atoms with Crippen LogP contribution < -0.4 is 4.90 Å². The van der Waals surface area contributed by atoms with E-state index < -0.39 is 18.0 Å². The number of aldehydes is 1. The molecule has 1 aliphatic rings. The molecule has 2 aromatic carbocycles. The second-order valence-corrected chi connectivity index (χ2v) is 5.20. The lowest BCUT2D eigenvalue weighted by Gasteiger charge is -2.14. The van der Waals surface area contributed by atoms with Gasteiger partial charge in [-0.25, -0.2) is 9.18 Å². The summed E-state index contributed by atoms with van der Waals surface area (Å²) < 4.78 is 19.3. The van der Waals surface area contributed by atoms with Gasteiger partial charge < -0.3 is 9.84 Å². The van der Waals surface area contributed by atoms with Crippen LogP contribution in [-0.2, 0) is 4.74 Å². The molecule has 0 radical (unpaired) electrons. The molecule has 0 unspecified atom stereocenters. The first-order valence-corrected chi connectivity index (χ1v) is 7.06. The number of amides is 1. The Labute approximate surface area is 131 Å². The molecule has 0 bridgehead atoms. The van der Waals surface area contributed by atoms with Gasteiger partial charge in [0.25, 0.3) is 0 Å². The first-order valence-electron chi connectivity index (χ1n) is 7.06. The van der Waals surface area contributed by atoms with E-state index in [1.807, 2.05) is 0 Å². The third kappa shape index (κ3) is 2.93. The average Bonchev–Trinajstić information content (AvgIpc) is 2.96. The fraction of sp³-hybridized carbons (Fsp3) is 0.176. The molecule has 0 saturated carbocycles. The summed E-state index contributed by atoms with van der Waals surface area (Å²) in [4.78, 5) is 23.7. The van der Waals surface area contributed by atoms with Crippen molar-refractivity contribution in [2.75, 3.05) is 18.1 Å². The third-order valence-electron chi connectivity index (χ3n) is 3.70. The molecule has 0 aliphatic carbocycles. The Morgan fingerprint density at radius 2 is 2.00 bits per heavy atom. The summed E-state index contributed by atoms with van der Waals surface area (Å²) in [6.07, 6.45) is -0.479. The highest BCUT2D eigenvalue weighted by Gasteiger charge is 2.32. The lowest BCUT2D eigenvalue weighted by atomic mass is 10.0. The van der Waals surface area contributed by atoms with Crippen molar-refractivity contribution < 1.29 is 23.8 Å². The van der Waals surface area contributed by atoms with Crippen molar-refractivity contribution in [3.8, 4) is 11.1 Å². The minimum absolute atomic E-state index is 0.183. The fourth-order valence-electron chi connectivity index (χ4n) is 2.47. The molecule has 1 aliphatic heterocycles. The van der Waals surface area contributed by atoms with Crippen LogP contribution in [0, 0.1) is 5.82 Å². The Balaban J connectivity index is 1.88. The summed E-state index contributed by atoms with van der Waals surface area (Å²) in [6, 6.07) is 11.0. The average molecular weight is 315 g/mol. The molecule has 118 valence electrons. The molecule has 0 aromatic heterocycles. The molecule has 3 rings (SSSR count). The van der Waals surface area contributed by atoms with E-state index >= 15 is 0 Å². The number of aliphatic hydroxyl groups excluding tert-OH is 1. The Kier molecular flexibility index (Phi) is 4.08. The summed E-state index contributed by atoms with van der Waals surface area (Å²) in [6.45, 7) is -0.0892. The molecule has 1 N–H and O–H groups in total. The zero-order valence-electron chi connectivity index (χ0n) is 12.1. The van der Waals surface area contributed by atoms with Crippen molar-refractivity contribution in [3.05, 3.63) is 53.8 Å². The molecule has 1 atom stereocenters. The molecule has 23 heavy (non-hydrogen) atoms. The van der Waals surface area contributed by atoms with E-state index in [1.165, 1.54) is 11.0 Å². The Morgan fingerprint density at radius 3 is 2.57 bits per heavy atom. The number of ether oxygens (including phenoxy) is 1. The van der Waals surface area contributed by atoms with E-state index in [-0.39, 0.29) is 13.2 Å². The van der Waals surface area contributed by atoms with Crippen molar-refractivity contribution in [2.45, 2.75) is 6.10 Å². The van der Waals surface area contributed by atoms with Gasteiger partial charge in [0.15, 0.2) is 0 Å². The van der Waals surface area contributed by atoms with Crippen LogP contribution in [0.3, 0.4) is 0 Å². The first kappa shape index (κ1) is 15.2. The van der Waals surface area contributed by atoms with Crippen molar-refractivity contribution in [1.29, 1.82) is 0 Å². The quantitative estimate of drug-likeness (QED) is 0.881. The number of carbonyl (C=O) groups is 2. The number of nitrogens with zero attached hydrogens (tertiary/aromatic N) is 1. The number of rotatable bonds is 4. The van der Waals surface area contributed by atoms with Crippen molar-refractivity contribution >= 4 is 18.1 Å². The van der Waals surface area contributed by atoms with E-state index in [9.17, 15) is 14.0 Å². The lowest BCUT2D eigenvalue weighted by Crippen LogP contribution is -2.25. The third-order valence-corrected chi connectivity index (χ3v) is 3.70. The zero-order valence-corrected chi connectivity index (χ0v) is 12.1.